The lowest BCUT2D eigenvalue weighted by Gasteiger charge is -2.22. The van der Waals surface area contributed by atoms with E-state index < -0.39 is 0 Å². The number of carbonyl (C=O) groups excluding carboxylic acids is 2. The number of aliphatic hydroxyl groups excluding tert-OH is 1. The molecule has 1 heterocycles. The highest BCUT2D eigenvalue weighted by molar-refractivity contribution is 6.35. The highest BCUT2D eigenvalue weighted by Gasteiger charge is 2.41. The second-order valence-corrected chi connectivity index (χ2v) is 5.67. The van der Waals surface area contributed by atoms with E-state index in [1.54, 1.807) is 57.2 Å². The predicted octanol–water partition coefficient (Wildman–Crippen LogP) is 1.11. The van der Waals surface area contributed by atoms with E-state index in [4.69, 9.17) is 9.84 Å². The number of hydrogen-bond acceptors (Lipinski definition) is 5. The predicted molar refractivity (Wildman–Crippen MR) is 86.6 cm³/mol. The molecule has 1 aromatic carbocycles. The Morgan fingerprint density at radius 2 is 1.78 bits per heavy atom. The van der Waals surface area contributed by atoms with E-state index in [1.165, 1.54) is 4.90 Å². The van der Waals surface area contributed by atoms with Crippen LogP contribution in [0, 0.1) is 0 Å². The molecule has 1 aliphatic heterocycles. The van der Waals surface area contributed by atoms with E-state index in [0.717, 1.165) is 0 Å². The van der Waals surface area contributed by atoms with E-state index in [2.05, 4.69) is 0 Å². The Morgan fingerprint density at radius 3 is 2.26 bits per heavy atom. The summed E-state index contributed by atoms with van der Waals surface area (Å²) in [7, 11) is 3.27. The molecule has 0 radical (unpaired) electrons. The van der Waals surface area contributed by atoms with Crippen molar-refractivity contribution in [3.8, 4) is 5.75 Å². The topological polar surface area (TPSA) is 70.1 Å². The number of nitrogens with zero attached hydrogens (tertiary/aromatic N) is 2. The average Bonchev–Trinajstić information content (AvgIpc) is 2.78. The van der Waals surface area contributed by atoms with Gasteiger partial charge in [0.1, 0.15) is 11.4 Å². The molecular formula is C17H22N2O4. The summed E-state index contributed by atoms with van der Waals surface area (Å²) in [5.41, 5.74) is 1.34. The van der Waals surface area contributed by atoms with Crippen LogP contribution >= 0.6 is 0 Å². The molecular weight excluding hydrogens is 296 g/mol. The molecule has 0 fully saturated rings. The van der Waals surface area contributed by atoms with Gasteiger partial charge in [0.25, 0.3) is 11.8 Å². The Labute approximate surface area is 136 Å². The third kappa shape index (κ3) is 3.07. The molecule has 2 amide bonds. The number of imide groups is 1. The molecule has 124 valence electrons. The zero-order valence-electron chi connectivity index (χ0n) is 13.9. The van der Waals surface area contributed by atoms with E-state index >= 15 is 0 Å². The third-order valence-electron chi connectivity index (χ3n) is 3.80. The van der Waals surface area contributed by atoms with Crippen LogP contribution in [0.1, 0.15) is 19.4 Å². The molecule has 0 saturated carbocycles. The van der Waals surface area contributed by atoms with Crippen molar-refractivity contribution in [2.75, 3.05) is 27.3 Å². The largest absolute Gasteiger partial charge is 0.497 e. The average molecular weight is 318 g/mol. The molecule has 0 saturated heterocycles. The van der Waals surface area contributed by atoms with Crippen molar-refractivity contribution < 1.29 is 19.4 Å². The summed E-state index contributed by atoms with van der Waals surface area (Å²) in [5, 5.41) is 9.16. The number of methoxy groups -OCH3 is 1. The van der Waals surface area contributed by atoms with Gasteiger partial charge in [-0.15, -0.1) is 0 Å². The molecule has 6 heteroatoms. The second kappa shape index (κ2) is 6.83. The maximum absolute atomic E-state index is 12.8. The SMILES string of the molecule is COc1ccc(C2=C(N(C)CCO)C(=O)N(C(C)C)C2=O)cc1. The van der Waals surface area contributed by atoms with Crippen LogP contribution < -0.4 is 4.74 Å². The fraction of sp³-hybridized carbons (Fsp3) is 0.412. The first-order valence-corrected chi connectivity index (χ1v) is 7.51. The highest BCUT2D eigenvalue weighted by atomic mass is 16.5. The van der Waals surface area contributed by atoms with Crippen molar-refractivity contribution >= 4 is 17.4 Å². The lowest BCUT2D eigenvalue weighted by Crippen LogP contribution is -2.39. The summed E-state index contributed by atoms with van der Waals surface area (Å²) in [4.78, 5) is 28.3. The van der Waals surface area contributed by atoms with Crippen molar-refractivity contribution in [3.05, 3.63) is 35.5 Å². The molecule has 0 aliphatic carbocycles. The van der Waals surface area contributed by atoms with Gasteiger partial charge >= 0.3 is 0 Å². The van der Waals surface area contributed by atoms with Crippen molar-refractivity contribution in [1.82, 2.24) is 9.80 Å². The minimum atomic E-state index is -0.327. The quantitative estimate of drug-likeness (QED) is 0.796. The van der Waals surface area contributed by atoms with Crippen LogP contribution in [-0.2, 0) is 9.59 Å². The molecule has 23 heavy (non-hydrogen) atoms. The molecule has 6 nitrogen and oxygen atoms in total. The molecule has 1 aromatic rings. The standard InChI is InChI=1S/C17H22N2O4/c1-11(2)19-16(21)14(12-5-7-13(23-4)8-6-12)15(17(19)22)18(3)9-10-20/h5-8,11,20H,9-10H2,1-4H3. The fourth-order valence-corrected chi connectivity index (χ4v) is 2.64. The van der Waals surface area contributed by atoms with Gasteiger partial charge in [0.15, 0.2) is 0 Å². The monoisotopic (exact) mass is 318 g/mol. The van der Waals surface area contributed by atoms with Gasteiger partial charge in [-0.05, 0) is 31.5 Å². The molecule has 0 unspecified atom stereocenters. The molecule has 0 aromatic heterocycles. The van der Waals surface area contributed by atoms with E-state index in [0.29, 0.717) is 22.6 Å². The highest BCUT2D eigenvalue weighted by Crippen LogP contribution is 2.32. The van der Waals surface area contributed by atoms with Gasteiger partial charge in [0.05, 0.1) is 19.3 Å². The van der Waals surface area contributed by atoms with Crippen LogP contribution in [0.2, 0.25) is 0 Å². The van der Waals surface area contributed by atoms with Crippen molar-refractivity contribution in [2.24, 2.45) is 0 Å². The van der Waals surface area contributed by atoms with Crippen LogP contribution in [-0.4, -0.2) is 60.1 Å². The van der Waals surface area contributed by atoms with E-state index in [-0.39, 0.29) is 31.0 Å². The molecule has 1 N–H and O–H groups in total. The minimum Gasteiger partial charge on any atom is -0.497 e. The number of amides is 2. The molecule has 0 bridgehead atoms. The maximum Gasteiger partial charge on any atom is 0.278 e. The van der Waals surface area contributed by atoms with E-state index in [9.17, 15) is 9.59 Å². The zero-order valence-corrected chi connectivity index (χ0v) is 13.9. The Balaban J connectivity index is 2.54. The Kier molecular flexibility index (Phi) is 5.05. The molecule has 0 atom stereocenters. The Bertz CT molecular complexity index is 634. The van der Waals surface area contributed by atoms with Gasteiger partial charge in [-0.2, -0.15) is 0 Å². The first-order chi connectivity index (χ1) is 10.9. The summed E-state index contributed by atoms with van der Waals surface area (Å²) in [5.74, 6) is 0.0406. The first-order valence-electron chi connectivity index (χ1n) is 7.51. The summed E-state index contributed by atoms with van der Waals surface area (Å²) >= 11 is 0. The number of rotatable bonds is 6. The number of hydrogen-bond donors (Lipinski definition) is 1. The lowest BCUT2D eigenvalue weighted by molar-refractivity contribution is -0.139. The zero-order chi connectivity index (χ0) is 17.1. The van der Waals surface area contributed by atoms with Gasteiger partial charge in [-0.3, -0.25) is 14.5 Å². The number of carbonyl (C=O) groups is 2. The van der Waals surface area contributed by atoms with Crippen molar-refractivity contribution in [2.45, 2.75) is 19.9 Å². The summed E-state index contributed by atoms with van der Waals surface area (Å²) in [6.45, 7) is 3.78. The molecule has 0 spiro atoms. The van der Waals surface area contributed by atoms with Gasteiger partial charge in [0, 0.05) is 19.6 Å². The molecule has 1 aliphatic rings. The number of aliphatic hydroxyl groups is 1. The smallest absolute Gasteiger partial charge is 0.278 e. The first kappa shape index (κ1) is 17.0. The van der Waals surface area contributed by atoms with Gasteiger partial charge in [-0.25, -0.2) is 0 Å². The summed E-state index contributed by atoms with van der Waals surface area (Å²) in [6.07, 6.45) is 0. The fourth-order valence-electron chi connectivity index (χ4n) is 2.64. The normalized spacial score (nSPS) is 15.0. The van der Waals surface area contributed by atoms with Crippen molar-refractivity contribution in [3.63, 3.8) is 0 Å². The van der Waals surface area contributed by atoms with Crippen LogP contribution in [0.3, 0.4) is 0 Å². The minimum absolute atomic E-state index is 0.0982. The Morgan fingerprint density at radius 1 is 1.17 bits per heavy atom. The van der Waals surface area contributed by atoms with Gasteiger partial charge in [-0.1, -0.05) is 12.1 Å². The number of likely N-dealkylation sites (N-methyl/N-ethyl adjacent to an activating group) is 1. The maximum atomic E-state index is 12.8. The van der Waals surface area contributed by atoms with Crippen LogP contribution in [0.4, 0.5) is 0 Å². The second-order valence-electron chi connectivity index (χ2n) is 5.67. The van der Waals surface area contributed by atoms with Crippen LogP contribution in [0.15, 0.2) is 30.0 Å². The third-order valence-corrected chi connectivity index (χ3v) is 3.80. The van der Waals surface area contributed by atoms with Gasteiger partial charge < -0.3 is 14.7 Å². The summed E-state index contributed by atoms with van der Waals surface area (Å²) < 4.78 is 5.13. The van der Waals surface area contributed by atoms with Crippen molar-refractivity contribution in [1.29, 1.82) is 0 Å². The Hall–Kier alpha value is -2.34. The summed E-state index contributed by atoms with van der Waals surface area (Å²) in [6, 6.07) is 6.79. The number of ether oxygens (including phenoxy) is 1. The number of benzene rings is 1. The van der Waals surface area contributed by atoms with Gasteiger partial charge in [0.2, 0.25) is 0 Å². The van der Waals surface area contributed by atoms with Crippen LogP contribution in [0.25, 0.3) is 5.57 Å². The van der Waals surface area contributed by atoms with Crippen LogP contribution in [0.5, 0.6) is 5.75 Å². The van der Waals surface area contributed by atoms with E-state index in [1.807, 2.05) is 0 Å². The lowest BCUT2D eigenvalue weighted by atomic mass is 10.0. The molecule has 2 rings (SSSR count).